The van der Waals surface area contributed by atoms with Crippen LogP contribution in [-0.2, 0) is 125 Å². The lowest BCUT2D eigenvalue weighted by Gasteiger charge is -2.50. The third-order valence-corrected chi connectivity index (χ3v) is 13.7. The first kappa shape index (κ1) is 66.3. The lowest BCUT2D eigenvalue weighted by Crippen LogP contribution is -2.70. The largest absolute Gasteiger partial charge is 0.479 e. The van der Waals surface area contributed by atoms with Gasteiger partial charge in [0.25, 0.3) is 0 Å². The quantitative estimate of drug-likeness (QED) is 0.0422. The molecule has 5 fully saturated rings. The highest BCUT2D eigenvalue weighted by atomic mass is 32.3. The maximum atomic E-state index is 12.7. The first-order valence-electron chi connectivity index (χ1n) is 21.1. The lowest BCUT2D eigenvalue weighted by atomic mass is 9.94. The molecule has 78 heavy (non-hydrogen) atoms. The van der Waals surface area contributed by atoms with Crippen LogP contribution >= 0.6 is 0 Å². The van der Waals surface area contributed by atoms with Crippen LogP contribution in [0, 0.1) is 0 Å². The fourth-order valence-electron chi connectivity index (χ4n) is 7.98. The molecule has 0 aromatic carbocycles. The molecule has 0 saturated carbocycles. The summed E-state index contributed by atoms with van der Waals surface area (Å²) in [5.74, 6) is -4.40. The Kier molecular flexibility index (Phi) is 21.7. The Morgan fingerprint density at radius 1 is 0.372 bits per heavy atom. The molecule has 5 heterocycles. The molecule has 25 atom stereocenters. The fraction of sp³-hybridized carbons (Fsp3) is 0.933. The number of ether oxygens (including phenoxy) is 9. The summed E-state index contributed by atoms with van der Waals surface area (Å²) in [4.78, 5) is 25.3. The monoisotopic (exact) mass is 1250 g/mol. The summed E-state index contributed by atoms with van der Waals surface area (Å²) in [5, 5.41) is 96.1. The molecule has 48 heteroatoms. The van der Waals surface area contributed by atoms with Crippen molar-refractivity contribution in [2.75, 3.05) is 19.8 Å². The maximum Gasteiger partial charge on any atom is 0.397 e. The van der Waals surface area contributed by atoms with Crippen LogP contribution in [0.2, 0.25) is 0 Å². The first-order valence-corrected chi connectivity index (χ1v) is 28.0. The first-order chi connectivity index (χ1) is 35.6. The topological polar surface area (TPSA) is 695 Å². The molecule has 5 aliphatic rings. The summed E-state index contributed by atoms with van der Waals surface area (Å²) in [7, 11) is -28.1. The van der Waals surface area contributed by atoms with E-state index in [9.17, 15) is 111 Å². The molecule has 0 bridgehead atoms. The van der Waals surface area contributed by atoms with Gasteiger partial charge in [0.2, 0.25) is 0 Å². The molecule has 0 radical (unpaired) electrons. The Morgan fingerprint density at radius 3 is 1.24 bits per heavy atom. The number of carboxylic acid groups (broad SMARTS) is 2. The van der Waals surface area contributed by atoms with Crippen LogP contribution in [-0.4, -0.2) is 296 Å². The molecule has 0 aliphatic carbocycles. The number of aliphatic hydroxyl groups excluding tert-OH is 7. The van der Waals surface area contributed by atoms with Crippen LogP contribution < -0.4 is 17.2 Å². The van der Waals surface area contributed by atoms with Gasteiger partial charge < -0.3 is 106 Å². The molecule has 20 N–H and O–H groups in total. The van der Waals surface area contributed by atoms with Crippen LogP contribution in [0.1, 0.15) is 0 Å². The summed E-state index contributed by atoms with van der Waals surface area (Å²) in [6, 6.07) is -6.36. The van der Waals surface area contributed by atoms with E-state index in [0.717, 1.165) is 0 Å². The second kappa shape index (κ2) is 25.6. The smallest absolute Gasteiger partial charge is 0.397 e. The Bertz CT molecular complexity index is 2660. The van der Waals surface area contributed by atoms with Crippen LogP contribution in [0.15, 0.2) is 0 Å². The van der Waals surface area contributed by atoms with Gasteiger partial charge in [-0.05, 0) is 0 Å². The predicted molar refractivity (Wildman–Crippen MR) is 226 cm³/mol. The lowest BCUT2D eigenvalue weighted by molar-refractivity contribution is -0.371. The van der Waals surface area contributed by atoms with E-state index in [1.807, 2.05) is 0 Å². The normalized spacial score (nSPS) is 42.5. The molecule has 5 rings (SSSR count). The van der Waals surface area contributed by atoms with Crippen molar-refractivity contribution < 1.29 is 184 Å². The minimum Gasteiger partial charge on any atom is -0.479 e. The maximum absolute atomic E-state index is 12.7. The van der Waals surface area contributed by atoms with Crippen molar-refractivity contribution in [3.05, 3.63) is 0 Å². The third kappa shape index (κ3) is 17.3. The van der Waals surface area contributed by atoms with Crippen molar-refractivity contribution in [2.45, 2.75) is 153 Å². The fourth-order valence-corrected chi connectivity index (χ4v) is 9.91. The second-order valence-electron chi connectivity index (χ2n) is 16.9. The van der Waals surface area contributed by atoms with E-state index in [1.54, 1.807) is 0 Å². The zero-order valence-electron chi connectivity index (χ0n) is 38.2. The number of aliphatic carboxylic acids is 2. The number of carbonyl (C=O) groups is 2. The molecule has 5 saturated heterocycles. The third-order valence-electron chi connectivity index (χ3n) is 11.5. The molecule has 456 valence electrons. The molecule has 1 unspecified atom stereocenters. The standard InChI is InChI=1S/C30H51N3O40S5/c31-7-12(36)16(5(63-26(7)44)2-61-75(48,49)50)66-30-21(73-78(57,58)59)15(39)20(23(71-30)25(42)43)69-28-9(33)18(72-77(54,55)56)17(6(65-28)3-62-76(51,52)53)67-29-14(38)13(37)19(22(70-29)24(40)41)68-27-8(32)11(35)10(34)4(64-27)1-60-74(45,46)47/h4-23,26-30,34-39,44H,1-3,31-33H2,(H,40,41)(H,42,43)(H,45,46,47)(H,48,49,50)(H,51,52,53)(H,54,55,56)(H,57,58,59)/t4-,5-,6-,7-,8-,9-,10-,11-,12-,13-,14-,15+,16-,17-,18-,19+,20+,21-,22+,23-,26?,27-,28-,29-,30-/m1/s1. The molecule has 5 aliphatic heterocycles. The van der Waals surface area contributed by atoms with Crippen LogP contribution in [0.25, 0.3) is 0 Å². The van der Waals surface area contributed by atoms with Crippen LogP contribution in [0.3, 0.4) is 0 Å². The highest BCUT2D eigenvalue weighted by Crippen LogP contribution is 2.37. The van der Waals surface area contributed by atoms with E-state index in [4.69, 9.17) is 68.9 Å². The van der Waals surface area contributed by atoms with Gasteiger partial charge in [-0.2, -0.15) is 42.1 Å². The van der Waals surface area contributed by atoms with Gasteiger partial charge in [-0.15, -0.1) is 0 Å². The van der Waals surface area contributed by atoms with E-state index in [2.05, 4.69) is 20.9 Å². The molecular weight excluding hydrogens is 1200 g/mol. The van der Waals surface area contributed by atoms with Gasteiger partial charge in [0.15, 0.2) is 49.8 Å². The molecular formula is C30H51N3O40S5. The number of hydrogen-bond donors (Lipinski definition) is 17. The van der Waals surface area contributed by atoms with Gasteiger partial charge >= 0.3 is 63.9 Å². The van der Waals surface area contributed by atoms with Gasteiger partial charge in [0, 0.05) is 0 Å². The zero-order valence-corrected chi connectivity index (χ0v) is 42.3. The molecule has 0 aromatic rings. The summed E-state index contributed by atoms with van der Waals surface area (Å²) in [6.45, 7) is -4.32. The Hall–Kier alpha value is -2.47. The molecule has 0 aromatic heterocycles. The van der Waals surface area contributed by atoms with Gasteiger partial charge in [-0.25, -0.2) is 30.5 Å². The number of carboxylic acids is 2. The van der Waals surface area contributed by atoms with Crippen molar-refractivity contribution >= 4 is 63.9 Å². The van der Waals surface area contributed by atoms with E-state index in [-0.39, 0.29) is 0 Å². The second-order valence-corrected chi connectivity index (χ2v) is 22.2. The Labute approximate surface area is 437 Å². The van der Waals surface area contributed by atoms with E-state index in [0.29, 0.717) is 0 Å². The van der Waals surface area contributed by atoms with E-state index in [1.165, 1.54) is 0 Å². The van der Waals surface area contributed by atoms with Crippen LogP contribution in [0.4, 0.5) is 0 Å². The van der Waals surface area contributed by atoms with Crippen molar-refractivity contribution in [2.24, 2.45) is 17.2 Å². The highest BCUT2D eigenvalue weighted by molar-refractivity contribution is 7.81. The summed E-state index contributed by atoms with van der Waals surface area (Å²) in [5.41, 5.74) is 17.7. The van der Waals surface area contributed by atoms with Gasteiger partial charge in [0.1, 0.15) is 85.5 Å². The summed E-state index contributed by atoms with van der Waals surface area (Å²) >= 11 is 0. The summed E-state index contributed by atoms with van der Waals surface area (Å²) < 4.78 is 234. The molecule has 0 spiro atoms. The van der Waals surface area contributed by atoms with Crippen LogP contribution in [0.5, 0.6) is 0 Å². The average Bonchev–Trinajstić information content (AvgIpc) is 3.29. The zero-order chi connectivity index (χ0) is 59.1. The molecule has 43 nitrogen and oxygen atoms in total. The minimum absolute atomic E-state index is 1.25. The number of nitrogens with two attached hydrogens (primary N) is 3. The van der Waals surface area contributed by atoms with Crippen molar-refractivity contribution in [3.63, 3.8) is 0 Å². The van der Waals surface area contributed by atoms with Crippen molar-refractivity contribution in [1.29, 1.82) is 0 Å². The van der Waals surface area contributed by atoms with Gasteiger partial charge in [-0.3, -0.25) is 22.8 Å². The number of rotatable bonds is 23. The van der Waals surface area contributed by atoms with E-state index < -0.39 is 237 Å². The minimum atomic E-state index is -5.95. The number of hydrogen-bond acceptors (Lipinski definition) is 36. The van der Waals surface area contributed by atoms with Crippen molar-refractivity contribution in [1.82, 2.24) is 0 Å². The van der Waals surface area contributed by atoms with E-state index >= 15 is 0 Å². The van der Waals surface area contributed by atoms with Gasteiger partial charge in [0.05, 0.1) is 37.9 Å². The van der Waals surface area contributed by atoms with Crippen molar-refractivity contribution in [3.8, 4) is 0 Å². The summed E-state index contributed by atoms with van der Waals surface area (Å²) in [6.07, 6.45) is -55.2. The number of aliphatic hydroxyl groups is 7. The average molecular weight is 1250 g/mol. The predicted octanol–water partition coefficient (Wildman–Crippen LogP) is -12.7. The Balaban J connectivity index is 1.47. The highest BCUT2D eigenvalue weighted by Gasteiger charge is 2.60. The van der Waals surface area contributed by atoms with Gasteiger partial charge in [-0.1, -0.05) is 0 Å². The SMILES string of the molecule is N[C@H]1[C@@H](O[C@H]2[C@H](O)[C@@H](O)[C@H](O[C@H]3[C@H](OS(=O)(=O)O)[C@@H](N)[C@@H](O[C@H]4[C@H](O)[C@@H](OS(=O)(=O)O)[C@H](O[C@H]5[C@H](O)[C@@H](N)C(O)O[C@@H]5COS(=O)(=O)O)O[C@H]4C(=O)O)O[C@@H]3COS(=O)(=O)O)O[C@@H]2C(=O)O)O[C@H](COS(=O)(=O)O)[C@@H](O)[C@@H]1O. The Morgan fingerprint density at radius 2 is 0.769 bits per heavy atom. The molecule has 0 amide bonds.